The van der Waals surface area contributed by atoms with E-state index in [4.69, 9.17) is 0 Å². The maximum absolute atomic E-state index is 10.2. The van der Waals surface area contributed by atoms with E-state index in [1.54, 1.807) is 19.9 Å². The Hall–Kier alpha value is -1.18. The molecule has 12 nitrogen and oxygen atoms in total. The van der Waals surface area contributed by atoms with Gasteiger partial charge in [0, 0.05) is 0 Å². The van der Waals surface area contributed by atoms with E-state index in [1.165, 1.54) is 0 Å². The molecule has 0 saturated carbocycles. The van der Waals surface area contributed by atoms with Crippen molar-refractivity contribution in [2.45, 2.75) is 0 Å². The van der Waals surface area contributed by atoms with Gasteiger partial charge in [-0.3, -0.25) is 9.97 Å². The van der Waals surface area contributed by atoms with E-state index < -0.39 is 34.8 Å². The molecule has 0 unspecified atom stereocenters. The SMILES string of the molecule is O=c1nc([O-])[nH]c(=O)[nH]1.O=c1nc([O-])[nH]c(=O)[nH]1.[Na+].[Na+]. The first-order valence-corrected chi connectivity index (χ1v) is 4.12. The molecule has 0 aliphatic carbocycles. The topological polar surface area (TPSA) is 203 Å². The van der Waals surface area contributed by atoms with Gasteiger partial charge < -0.3 is 20.2 Å². The van der Waals surface area contributed by atoms with Gasteiger partial charge >= 0.3 is 81.9 Å². The Kier molecular flexibility index (Phi) is 10.2. The van der Waals surface area contributed by atoms with Crippen LogP contribution in [0.2, 0.25) is 0 Å². The average Bonchev–Trinajstić information content (AvgIpc) is 2.12. The van der Waals surface area contributed by atoms with Gasteiger partial charge in [-0.1, -0.05) is 0 Å². The summed E-state index contributed by atoms with van der Waals surface area (Å²) < 4.78 is 0. The van der Waals surface area contributed by atoms with E-state index in [1.807, 2.05) is 0 Å². The molecular formula is C6H4N6Na2O6. The second-order valence-corrected chi connectivity index (χ2v) is 2.60. The van der Waals surface area contributed by atoms with Gasteiger partial charge in [-0.25, -0.2) is 19.2 Å². The number of aromatic nitrogens is 6. The first-order valence-electron chi connectivity index (χ1n) is 4.12. The number of H-pyrrole nitrogens is 4. The molecule has 0 saturated heterocycles. The summed E-state index contributed by atoms with van der Waals surface area (Å²) in [7, 11) is 0. The smallest absolute Gasteiger partial charge is 0.846 e. The van der Waals surface area contributed by atoms with Crippen molar-refractivity contribution in [3.63, 3.8) is 0 Å². The molecule has 0 spiro atoms. The van der Waals surface area contributed by atoms with Crippen LogP contribution in [-0.4, -0.2) is 29.9 Å². The quantitative estimate of drug-likeness (QED) is 0.343. The minimum atomic E-state index is -0.927. The predicted octanol–water partition coefficient (Wildman–Crippen LogP) is -10.9. The van der Waals surface area contributed by atoms with E-state index in [-0.39, 0.29) is 59.1 Å². The molecule has 2 rings (SSSR count). The van der Waals surface area contributed by atoms with Crippen LogP contribution in [-0.2, 0) is 0 Å². The zero-order chi connectivity index (χ0) is 13.7. The fourth-order valence-corrected chi connectivity index (χ4v) is 0.747. The Morgan fingerprint density at radius 2 is 0.950 bits per heavy atom. The zero-order valence-corrected chi connectivity index (χ0v) is 14.3. The number of hydrogen-bond donors (Lipinski definition) is 4. The van der Waals surface area contributed by atoms with Crippen LogP contribution in [0, 0.1) is 0 Å². The number of nitrogens with zero attached hydrogens (tertiary/aromatic N) is 2. The Morgan fingerprint density at radius 1 is 0.650 bits per heavy atom. The number of aromatic amines is 4. The Bertz CT molecular complexity index is 640. The number of rotatable bonds is 0. The molecule has 0 bridgehead atoms. The summed E-state index contributed by atoms with van der Waals surface area (Å²) >= 11 is 0. The van der Waals surface area contributed by atoms with Gasteiger partial charge in [0.25, 0.3) is 0 Å². The van der Waals surface area contributed by atoms with Gasteiger partial charge in [-0.05, 0) is 0 Å². The van der Waals surface area contributed by atoms with Gasteiger partial charge in [0.05, 0.1) is 12.0 Å². The van der Waals surface area contributed by atoms with Crippen molar-refractivity contribution in [3.8, 4) is 12.0 Å². The molecule has 2 aromatic heterocycles. The maximum atomic E-state index is 10.2. The van der Waals surface area contributed by atoms with Crippen LogP contribution < -0.4 is 92.1 Å². The van der Waals surface area contributed by atoms with Gasteiger partial charge in [-0.15, -0.1) is 0 Å². The fourth-order valence-electron chi connectivity index (χ4n) is 0.747. The monoisotopic (exact) mass is 302 g/mol. The summed E-state index contributed by atoms with van der Waals surface area (Å²) in [6.45, 7) is 0. The first-order chi connectivity index (χ1) is 8.36. The van der Waals surface area contributed by atoms with Crippen molar-refractivity contribution in [2.75, 3.05) is 0 Å². The summed E-state index contributed by atoms with van der Waals surface area (Å²) in [5.41, 5.74) is -3.52. The maximum Gasteiger partial charge on any atom is 1.00 e. The van der Waals surface area contributed by atoms with E-state index in [0.29, 0.717) is 0 Å². The molecule has 0 aromatic carbocycles. The van der Waals surface area contributed by atoms with Crippen LogP contribution in [0.4, 0.5) is 0 Å². The van der Waals surface area contributed by atoms with E-state index in [9.17, 15) is 29.4 Å². The van der Waals surface area contributed by atoms with Crippen LogP contribution in [0.1, 0.15) is 0 Å². The Balaban J connectivity index is 0. The van der Waals surface area contributed by atoms with Crippen molar-refractivity contribution in [1.29, 1.82) is 0 Å². The minimum absolute atomic E-state index is 0. The first kappa shape index (κ1) is 21.1. The molecular weight excluding hydrogens is 298 g/mol. The Morgan fingerprint density at radius 3 is 1.15 bits per heavy atom. The number of nitrogens with one attached hydrogen (secondary N) is 4. The van der Waals surface area contributed by atoms with Crippen LogP contribution in [0.25, 0.3) is 0 Å². The van der Waals surface area contributed by atoms with Crippen molar-refractivity contribution in [2.24, 2.45) is 0 Å². The summed E-state index contributed by atoms with van der Waals surface area (Å²) in [6.07, 6.45) is 0. The molecule has 0 radical (unpaired) electrons. The molecule has 0 amide bonds. The van der Waals surface area contributed by atoms with E-state index in [2.05, 4.69) is 9.97 Å². The van der Waals surface area contributed by atoms with Gasteiger partial charge in [-0.2, -0.15) is 9.97 Å². The molecule has 0 atom stereocenters. The molecule has 0 aliphatic heterocycles. The summed E-state index contributed by atoms with van der Waals surface area (Å²) in [4.78, 5) is 53.1. The molecule has 0 aliphatic rings. The van der Waals surface area contributed by atoms with Crippen LogP contribution >= 0.6 is 0 Å². The van der Waals surface area contributed by atoms with Gasteiger partial charge in [0.2, 0.25) is 0 Å². The van der Waals surface area contributed by atoms with Crippen LogP contribution in [0.5, 0.6) is 12.0 Å². The number of hydrogen-bond acceptors (Lipinski definition) is 8. The van der Waals surface area contributed by atoms with Crippen molar-refractivity contribution < 1.29 is 69.3 Å². The van der Waals surface area contributed by atoms with Crippen molar-refractivity contribution >= 4 is 0 Å². The molecule has 96 valence electrons. The second kappa shape index (κ2) is 9.68. The third-order valence-corrected chi connectivity index (χ3v) is 1.29. The van der Waals surface area contributed by atoms with E-state index in [0.717, 1.165) is 0 Å². The molecule has 14 heteroatoms. The molecule has 2 aromatic rings. The third-order valence-electron chi connectivity index (χ3n) is 1.29. The van der Waals surface area contributed by atoms with Gasteiger partial charge in [0.1, 0.15) is 0 Å². The predicted molar refractivity (Wildman–Crippen MR) is 49.8 cm³/mol. The summed E-state index contributed by atoms with van der Waals surface area (Å²) in [5.74, 6) is 0. The van der Waals surface area contributed by atoms with Crippen LogP contribution in [0.15, 0.2) is 19.2 Å². The fraction of sp³-hybridized carbons (Fsp3) is 0. The summed E-state index contributed by atoms with van der Waals surface area (Å²) in [6, 6.07) is -1.85. The average molecular weight is 302 g/mol. The van der Waals surface area contributed by atoms with Crippen molar-refractivity contribution in [1.82, 2.24) is 29.9 Å². The zero-order valence-electron chi connectivity index (χ0n) is 10.3. The van der Waals surface area contributed by atoms with Crippen molar-refractivity contribution in [3.05, 3.63) is 41.9 Å². The molecule has 20 heavy (non-hydrogen) atoms. The van der Waals surface area contributed by atoms with Gasteiger partial charge in [0.15, 0.2) is 0 Å². The molecule has 0 fully saturated rings. The molecule has 2 heterocycles. The third kappa shape index (κ3) is 8.08. The standard InChI is InChI=1S/2C3H3N3O3.2Na/c2*7-1-4-2(8)6-3(9)5-1;;/h2*(H3,4,5,6,7,8,9);;/q;;2*+1/p-2. The second-order valence-electron chi connectivity index (χ2n) is 2.60. The molecule has 4 N–H and O–H groups in total. The Labute approximate surface area is 152 Å². The summed E-state index contributed by atoms with van der Waals surface area (Å²) in [5, 5.41) is 20.2. The largest absolute Gasteiger partial charge is 1.00 e. The van der Waals surface area contributed by atoms with Crippen LogP contribution in [0.3, 0.4) is 0 Å². The normalized spacial score (nSPS) is 8.40. The van der Waals surface area contributed by atoms with E-state index >= 15 is 0 Å². The minimum Gasteiger partial charge on any atom is -0.846 e.